The van der Waals surface area contributed by atoms with Crippen molar-refractivity contribution in [2.45, 2.75) is 31.8 Å². The van der Waals surface area contributed by atoms with Crippen molar-refractivity contribution in [3.8, 4) is 0 Å². The van der Waals surface area contributed by atoms with E-state index in [2.05, 4.69) is 5.32 Å². The lowest BCUT2D eigenvalue weighted by Crippen LogP contribution is -2.62. The molecular weight excluding hydrogens is 278 g/mol. The number of carboxylic acid groups (broad SMARTS) is 1. The molecule has 0 bridgehead atoms. The van der Waals surface area contributed by atoms with Crippen LogP contribution in [0.1, 0.15) is 19.8 Å². The van der Waals surface area contributed by atoms with Crippen LogP contribution in [0.4, 0.5) is 4.79 Å². The Labute approximate surface area is 123 Å². The predicted molar refractivity (Wildman–Crippen MR) is 72.8 cm³/mol. The monoisotopic (exact) mass is 299 g/mol. The molecule has 2 unspecified atom stereocenters. The van der Waals surface area contributed by atoms with Gasteiger partial charge >= 0.3 is 12.0 Å². The molecule has 0 aromatic carbocycles. The highest BCUT2D eigenvalue weighted by Crippen LogP contribution is 2.17. The fraction of sp³-hybridized carbons (Fsp3) is 0.769. The number of nitrogens with zero attached hydrogens (tertiary/aromatic N) is 2. The third kappa shape index (κ3) is 3.44. The van der Waals surface area contributed by atoms with Gasteiger partial charge in [-0.25, -0.2) is 4.79 Å². The summed E-state index contributed by atoms with van der Waals surface area (Å²) in [4.78, 5) is 38.5. The molecule has 0 saturated carbocycles. The Balaban J connectivity index is 2.11. The van der Waals surface area contributed by atoms with Gasteiger partial charge in [0.15, 0.2) is 0 Å². The Bertz CT molecular complexity index is 428. The Hall–Kier alpha value is -1.83. The maximum Gasteiger partial charge on any atom is 0.321 e. The lowest BCUT2D eigenvalue weighted by atomic mass is 10.1. The Morgan fingerprint density at radius 1 is 1.38 bits per heavy atom. The first-order valence-electron chi connectivity index (χ1n) is 7.19. The zero-order valence-corrected chi connectivity index (χ0v) is 12.1. The largest absolute Gasteiger partial charge is 0.481 e. The number of rotatable bonds is 3. The van der Waals surface area contributed by atoms with E-state index in [0.29, 0.717) is 32.7 Å². The summed E-state index contributed by atoms with van der Waals surface area (Å²) in [6.45, 7) is 3.68. The van der Waals surface area contributed by atoms with E-state index in [1.54, 1.807) is 4.90 Å². The molecule has 8 nitrogen and oxygen atoms in total. The van der Waals surface area contributed by atoms with Crippen LogP contribution in [0.15, 0.2) is 0 Å². The minimum Gasteiger partial charge on any atom is -0.481 e. The van der Waals surface area contributed by atoms with E-state index in [1.165, 1.54) is 4.90 Å². The van der Waals surface area contributed by atoms with Crippen LogP contribution in [-0.2, 0) is 14.3 Å². The first-order valence-corrected chi connectivity index (χ1v) is 7.19. The molecule has 2 fully saturated rings. The van der Waals surface area contributed by atoms with Crippen molar-refractivity contribution in [3.63, 3.8) is 0 Å². The average molecular weight is 299 g/mol. The van der Waals surface area contributed by atoms with Gasteiger partial charge in [0.05, 0.1) is 25.7 Å². The summed E-state index contributed by atoms with van der Waals surface area (Å²) in [6, 6.07) is -1.24. The number of urea groups is 1. The second-order valence-corrected chi connectivity index (χ2v) is 5.21. The molecule has 3 amide bonds. The van der Waals surface area contributed by atoms with Gasteiger partial charge in [-0.05, 0) is 6.42 Å². The number of morpholine rings is 1. The summed E-state index contributed by atoms with van der Waals surface area (Å²) in [6.07, 6.45) is 0.383. The first kappa shape index (κ1) is 15.6. The molecule has 2 aliphatic heterocycles. The summed E-state index contributed by atoms with van der Waals surface area (Å²) >= 11 is 0. The number of ether oxygens (including phenoxy) is 1. The molecular formula is C13H21N3O5. The molecule has 0 aromatic heterocycles. The van der Waals surface area contributed by atoms with Crippen molar-refractivity contribution < 1.29 is 24.2 Å². The van der Waals surface area contributed by atoms with Gasteiger partial charge in [0.1, 0.15) is 6.04 Å². The van der Waals surface area contributed by atoms with Crippen LogP contribution in [0.25, 0.3) is 0 Å². The van der Waals surface area contributed by atoms with Crippen molar-refractivity contribution in [1.29, 1.82) is 0 Å². The number of nitrogens with one attached hydrogen (secondary N) is 1. The van der Waals surface area contributed by atoms with Crippen molar-refractivity contribution in [2.24, 2.45) is 0 Å². The predicted octanol–water partition coefficient (Wildman–Crippen LogP) is -0.508. The minimum absolute atomic E-state index is 0.150. The average Bonchev–Trinajstić information content (AvgIpc) is 2.46. The SMILES string of the molecule is CCC1C(=O)NCCN1C(=O)N1CCOCC1CC(=O)O. The third-order valence-electron chi connectivity index (χ3n) is 3.85. The van der Waals surface area contributed by atoms with Crippen LogP contribution in [0.2, 0.25) is 0 Å². The van der Waals surface area contributed by atoms with Crippen molar-refractivity contribution in [2.75, 3.05) is 32.8 Å². The van der Waals surface area contributed by atoms with E-state index in [1.807, 2.05) is 6.92 Å². The van der Waals surface area contributed by atoms with Crippen molar-refractivity contribution in [1.82, 2.24) is 15.1 Å². The van der Waals surface area contributed by atoms with E-state index in [4.69, 9.17) is 9.84 Å². The van der Waals surface area contributed by atoms with Gasteiger partial charge in [0.25, 0.3) is 0 Å². The van der Waals surface area contributed by atoms with Gasteiger partial charge < -0.3 is 25.0 Å². The maximum absolute atomic E-state index is 12.7. The van der Waals surface area contributed by atoms with Crippen LogP contribution >= 0.6 is 0 Å². The highest BCUT2D eigenvalue weighted by molar-refractivity contribution is 5.88. The Kier molecular flexibility index (Phi) is 5.00. The number of amides is 3. The first-order chi connectivity index (χ1) is 10.0. The van der Waals surface area contributed by atoms with Gasteiger partial charge in [0, 0.05) is 19.6 Å². The highest BCUT2D eigenvalue weighted by Gasteiger charge is 2.37. The molecule has 2 aliphatic rings. The normalized spacial score (nSPS) is 26.4. The number of carbonyl (C=O) groups is 3. The molecule has 21 heavy (non-hydrogen) atoms. The van der Waals surface area contributed by atoms with Crippen molar-refractivity contribution >= 4 is 17.9 Å². The molecule has 8 heteroatoms. The van der Waals surface area contributed by atoms with Crippen LogP contribution in [0, 0.1) is 0 Å². The number of carboxylic acids is 1. The zero-order chi connectivity index (χ0) is 15.4. The van der Waals surface area contributed by atoms with Gasteiger partial charge in [-0.15, -0.1) is 0 Å². The van der Waals surface area contributed by atoms with E-state index >= 15 is 0 Å². The number of hydrogen-bond donors (Lipinski definition) is 2. The number of carbonyl (C=O) groups excluding carboxylic acids is 2. The van der Waals surface area contributed by atoms with Gasteiger partial charge in [-0.3, -0.25) is 9.59 Å². The summed E-state index contributed by atoms with van der Waals surface area (Å²) < 4.78 is 5.27. The lowest BCUT2D eigenvalue weighted by molar-refractivity contribution is -0.140. The number of piperazine rings is 1. The van der Waals surface area contributed by atoms with Crippen LogP contribution in [-0.4, -0.2) is 77.7 Å². The fourth-order valence-electron chi connectivity index (χ4n) is 2.79. The smallest absolute Gasteiger partial charge is 0.321 e. The molecule has 0 radical (unpaired) electrons. The van der Waals surface area contributed by atoms with E-state index < -0.39 is 18.1 Å². The second-order valence-electron chi connectivity index (χ2n) is 5.21. The maximum atomic E-state index is 12.7. The summed E-state index contributed by atoms with van der Waals surface area (Å²) in [5.74, 6) is -1.12. The Morgan fingerprint density at radius 2 is 2.14 bits per heavy atom. The fourth-order valence-corrected chi connectivity index (χ4v) is 2.79. The van der Waals surface area contributed by atoms with E-state index in [-0.39, 0.29) is 25.0 Å². The van der Waals surface area contributed by atoms with Crippen LogP contribution in [0.3, 0.4) is 0 Å². The Morgan fingerprint density at radius 3 is 2.81 bits per heavy atom. The topological polar surface area (TPSA) is 99.2 Å². The van der Waals surface area contributed by atoms with Gasteiger partial charge in [0.2, 0.25) is 5.91 Å². The van der Waals surface area contributed by atoms with Gasteiger partial charge in [-0.2, -0.15) is 0 Å². The second kappa shape index (κ2) is 6.75. The van der Waals surface area contributed by atoms with Gasteiger partial charge in [-0.1, -0.05) is 6.92 Å². The highest BCUT2D eigenvalue weighted by atomic mass is 16.5. The third-order valence-corrected chi connectivity index (χ3v) is 3.85. The molecule has 2 heterocycles. The molecule has 2 saturated heterocycles. The number of hydrogen-bond acceptors (Lipinski definition) is 4. The molecule has 2 N–H and O–H groups in total. The van der Waals surface area contributed by atoms with Crippen LogP contribution < -0.4 is 5.32 Å². The molecule has 118 valence electrons. The minimum atomic E-state index is -0.966. The molecule has 0 spiro atoms. The van der Waals surface area contributed by atoms with Crippen LogP contribution in [0.5, 0.6) is 0 Å². The van der Waals surface area contributed by atoms with E-state index in [9.17, 15) is 14.4 Å². The summed E-state index contributed by atoms with van der Waals surface area (Å²) in [7, 11) is 0. The lowest BCUT2D eigenvalue weighted by Gasteiger charge is -2.42. The molecule has 2 atom stereocenters. The zero-order valence-electron chi connectivity index (χ0n) is 12.1. The molecule has 2 rings (SSSR count). The number of aliphatic carboxylic acids is 1. The molecule has 0 aromatic rings. The standard InChI is InChI=1S/C13H21N3O5/c1-2-10-12(19)14-3-4-16(10)13(20)15-5-6-21-8-9(15)7-11(17)18/h9-10H,2-8H2,1H3,(H,14,19)(H,17,18). The quantitative estimate of drug-likeness (QED) is 0.731. The molecule has 0 aliphatic carbocycles. The van der Waals surface area contributed by atoms with E-state index in [0.717, 1.165) is 0 Å². The summed E-state index contributed by atoms with van der Waals surface area (Å²) in [5, 5.41) is 11.7. The summed E-state index contributed by atoms with van der Waals surface area (Å²) in [5.41, 5.74) is 0. The van der Waals surface area contributed by atoms with Crippen molar-refractivity contribution in [3.05, 3.63) is 0 Å².